The minimum Gasteiger partial charge on any atom is -0.388 e. The zero-order valence-corrected chi connectivity index (χ0v) is 7.83. The maximum absolute atomic E-state index is 12.7. The average Bonchev–Trinajstić information content (AvgIpc) is 2.14. The highest BCUT2D eigenvalue weighted by Crippen LogP contribution is 2.19. The van der Waals surface area contributed by atoms with Gasteiger partial charge in [0, 0.05) is 0 Å². The zero-order valence-electron chi connectivity index (χ0n) is 7.83. The van der Waals surface area contributed by atoms with E-state index in [0.717, 1.165) is 12.8 Å². The first kappa shape index (κ1) is 10.2. The van der Waals surface area contributed by atoms with Crippen molar-refractivity contribution in [1.82, 2.24) is 0 Å². The molecule has 2 heteroatoms. The molecule has 0 aliphatic carbocycles. The highest BCUT2D eigenvalue weighted by molar-refractivity contribution is 5.18. The summed E-state index contributed by atoms with van der Waals surface area (Å²) in [5.41, 5.74) is 0.674. The lowest BCUT2D eigenvalue weighted by atomic mass is 10.0. The molecule has 0 aromatic heterocycles. The summed E-state index contributed by atoms with van der Waals surface area (Å²) in [5.74, 6) is -0.284. The summed E-state index contributed by atoms with van der Waals surface area (Å²) in [6.07, 6.45) is 2.21. The fourth-order valence-electron chi connectivity index (χ4n) is 1.28. The first-order chi connectivity index (χ1) is 6.24. The molecule has 0 saturated heterocycles. The van der Waals surface area contributed by atoms with Crippen LogP contribution in [0.5, 0.6) is 0 Å². The van der Waals surface area contributed by atoms with E-state index in [-0.39, 0.29) is 5.82 Å². The molecule has 1 aromatic rings. The third-order valence-electron chi connectivity index (χ3n) is 2.06. The molecule has 72 valence electrons. The number of unbranched alkanes of at least 4 members (excludes halogenated alkanes) is 1. The van der Waals surface area contributed by atoms with E-state index in [9.17, 15) is 9.50 Å². The van der Waals surface area contributed by atoms with E-state index in [1.807, 2.05) is 0 Å². The Balaban J connectivity index is 2.60. The molecule has 0 spiro atoms. The third kappa shape index (κ3) is 3.15. The number of hydrogen-bond donors (Lipinski definition) is 1. The molecule has 1 nitrogen and oxygen atoms in total. The molecule has 1 aromatic carbocycles. The van der Waals surface area contributed by atoms with Crippen molar-refractivity contribution in [3.63, 3.8) is 0 Å². The summed E-state index contributed by atoms with van der Waals surface area (Å²) >= 11 is 0. The summed E-state index contributed by atoms with van der Waals surface area (Å²) in [6.45, 7) is 2.07. The monoisotopic (exact) mass is 182 g/mol. The quantitative estimate of drug-likeness (QED) is 0.758. The third-order valence-corrected chi connectivity index (χ3v) is 2.06. The van der Waals surface area contributed by atoms with Crippen molar-refractivity contribution < 1.29 is 9.50 Å². The minimum absolute atomic E-state index is 0.284. The smallest absolute Gasteiger partial charge is 0.123 e. The second kappa shape index (κ2) is 4.97. The molecule has 1 N–H and O–H groups in total. The highest BCUT2D eigenvalue weighted by Gasteiger charge is 2.06. The second-order valence-electron chi connectivity index (χ2n) is 3.21. The number of benzene rings is 1. The van der Waals surface area contributed by atoms with Crippen LogP contribution < -0.4 is 0 Å². The van der Waals surface area contributed by atoms with Gasteiger partial charge in [0.15, 0.2) is 0 Å². The van der Waals surface area contributed by atoms with Gasteiger partial charge in [-0.15, -0.1) is 0 Å². The average molecular weight is 182 g/mol. The minimum atomic E-state index is -0.518. The molecule has 0 aliphatic heterocycles. The Morgan fingerprint density at radius 2 is 2.23 bits per heavy atom. The second-order valence-corrected chi connectivity index (χ2v) is 3.21. The van der Waals surface area contributed by atoms with E-state index in [0.29, 0.717) is 12.0 Å². The zero-order chi connectivity index (χ0) is 9.68. The predicted octanol–water partition coefficient (Wildman–Crippen LogP) is 3.05. The number of halogens is 1. The Bertz CT molecular complexity index is 260. The van der Waals surface area contributed by atoms with Gasteiger partial charge in [0.05, 0.1) is 6.10 Å². The predicted molar refractivity (Wildman–Crippen MR) is 50.9 cm³/mol. The SMILES string of the molecule is CCCCC(O)c1cccc(F)c1. The highest BCUT2D eigenvalue weighted by atomic mass is 19.1. The van der Waals surface area contributed by atoms with E-state index >= 15 is 0 Å². The van der Waals surface area contributed by atoms with Gasteiger partial charge in [-0.05, 0) is 24.1 Å². The topological polar surface area (TPSA) is 20.2 Å². The number of aliphatic hydroxyl groups excluding tert-OH is 1. The van der Waals surface area contributed by atoms with Crippen LogP contribution in [-0.2, 0) is 0 Å². The van der Waals surface area contributed by atoms with Crippen LogP contribution in [0.15, 0.2) is 24.3 Å². The van der Waals surface area contributed by atoms with Crippen molar-refractivity contribution in [3.8, 4) is 0 Å². The molecule has 13 heavy (non-hydrogen) atoms. The van der Waals surface area contributed by atoms with Gasteiger partial charge in [-0.1, -0.05) is 31.9 Å². The van der Waals surface area contributed by atoms with Gasteiger partial charge >= 0.3 is 0 Å². The van der Waals surface area contributed by atoms with Crippen molar-refractivity contribution in [1.29, 1.82) is 0 Å². The van der Waals surface area contributed by atoms with E-state index in [2.05, 4.69) is 6.92 Å². The lowest BCUT2D eigenvalue weighted by molar-refractivity contribution is 0.164. The van der Waals surface area contributed by atoms with Gasteiger partial charge in [-0.25, -0.2) is 4.39 Å². The van der Waals surface area contributed by atoms with E-state index < -0.39 is 6.10 Å². The van der Waals surface area contributed by atoms with Crippen LogP contribution >= 0.6 is 0 Å². The number of rotatable bonds is 4. The van der Waals surface area contributed by atoms with Crippen LogP contribution in [0.3, 0.4) is 0 Å². The van der Waals surface area contributed by atoms with Crippen molar-refractivity contribution in [2.45, 2.75) is 32.3 Å². The van der Waals surface area contributed by atoms with Crippen LogP contribution in [0, 0.1) is 5.82 Å². The van der Waals surface area contributed by atoms with Gasteiger partial charge in [-0.2, -0.15) is 0 Å². The molecule has 0 heterocycles. The molecule has 1 atom stereocenters. The van der Waals surface area contributed by atoms with Crippen molar-refractivity contribution in [2.24, 2.45) is 0 Å². The van der Waals surface area contributed by atoms with Crippen LogP contribution in [0.2, 0.25) is 0 Å². The van der Waals surface area contributed by atoms with Gasteiger partial charge < -0.3 is 5.11 Å². The molecular formula is C11H15FO. The van der Waals surface area contributed by atoms with E-state index in [1.165, 1.54) is 12.1 Å². The summed E-state index contributed by atoms with van der Waals surface area (Å²) in [5, 5.41) is 9.61. The standard InChI is InChI=1S/C11H15FO/c1-2-3-7-11(13)9-5-4-6-10(12)8-9/h4-6,8,11,13H,2-3,7H2,1H3. The summed E-state index contributed by atoms with van der Waals surface area (Å²) in [7, 11) is 0. The molecule has 1 unspecified atom stereocenters. The fourth-order valence-corrected chi connectivity index (χ4v) is 1.28. The maximum atomic E-state index is 12.7. The van der Waals surface area contributed by atoms with E-state index in [1.54, 1.807) is 12.1 Å². The van der Waals surface area contributed by atoms with Crippen molar-refractivity contribution >= 4 is 0 Å². The normalized spacial score (nSPS) is 12.8. The van der Waals surface area contributed by atoms with Crippen LogP contribution in [-0.4, -0.2) is 5.11 Å². The Kier molecular flexibility index (Phi) is 3.90. The molecule has 0 bridgehead atoms. The van der Waals surface area contributed by atoms with Crippen molar-refractivity contribution in [2.75, 3.05) is 0 Å². The number of aliphatic hydroxyl groups is 1. The maximum Gasteiger partial charge on any atom is 0.123 e. The molecule has 0 saturated carbocycles. The molecule has 1 rings (SSSR count). The summed E-state index contributed by atoms with van der Waals surface area (Å²) in [4.78, 5) is 0. The van der Waals surface area contributed by atoms with Crippen LogP contribution in [0.1, 0.15) is 37.9 Å². The first-order valence-electron chi connectivity index (χ1n) is 4.67. The molecule has 0 radical (unpaired) electrons. The summed E-state index contributed by atoms with van der Waals surface area (Å²) < 4.78 is 12.7. The largest absolute Gasteiger partial charge is 0.388 e. The molecule has 0 fully saturated rings. The van der Waals surface area contributed by atoms with Gasteiger partial charge in [0.1, 0.15) is 5.82 Å². The lowest BCUT2D eigenvalue weighted by Gasteiger charge is -2.09. The fraction of sp³-hybridized carbons (Fsp3) is 0.455. The van der Waals surface area contributed by atoms with Gasteiger partial charge in [0.2, 0.25) is 0 Å². The molecule has 0 aliphatic rings. The van der Waals surface area contributed by atoms with Crippen molar-refractivity contribution in [3.05, 3.63) is 35.6 Å². The van der Waals surface area contributed by atoms with Crippen LogP contribution in [0.25, 0.3) is 0 Å². The Morgan fingerprint density at radius 3 is 2.85 bits per heavy atom. The Morgan fingerprint density at radius 1 is 1.46 bits per heavy atom. The van der Waals surface area contributed by atoms with Crippen LogP contribution in [0.4, 0.5) is 4.39 Å². The molecule has 0 amide bonds. The lowest BCUT2D eigenvalue weighted by Crippen LogP contribution is -1.97. The van der Waals surface area contributed by atoms with E-state index in [4.69, 9.17) is 0 Å². The molecular weight excluding hydrogens is 167 g/mol. The Hall–Kier alpha value is -0.890. The summed E-state index contributed by atoms with van der Waals surface area (Å²) in [6, 6.07) is 6.15. The first-order valence-corrected chi connectivity index (χ1v) is 4.67. The number of hydrogen-bond acceptors (Lipinski definition) is 1. The Labute approximate surface area is 78.2 Å². The van der Waals surface area contributed by atoms with Gasteiger partial charge in [-0.3, -0.25) is 0 Å². The van der Waals surface area contributed by atoms with Gasteiger partial charge in [0.25, 0.3) is 0 Å².